The maximum atomic E-state index is 14.2. The summed E-state index contributed by atoms with van der Waals surface area (Å²) in [6, 6.07) is 7.38. The third kappa shape index (κ3) is 4.80. The topological polar surface area (TPSA) is 76.7 Å². The Labute approximate surface area is 195 Å². The van der Waals surface area contributed by atoms with Gasteiger partial charge < -0.3 is 19.0 Å². The second-order valence-electron chi connectivity index (χ2n) is 10.9. The van der Waals surface area contributed by atoms with Gasteiger partial charge in [-0.3, -0.25) is 4.90 Å². The molecule has 4 rings (SSSR count). The second kappa shape index (κ2) is 8.13. The van der Waals surface area contributed by atoms with Crippen LogP contribution in [0.5, 0.6) is 0 Å². The summed E-state index contributed by atoms with van der Waals surface area (Å²) in [7, 11) is -0.427. The monoisotopic (exact) mass is 457 g/mol. The van der Waals surface area contributed by atoms with E-state index in [2.05, 4.69) is 9.97 Å². The molecule has 0 radical (unpaired) electrons. The minimum atomic E-state index is -1.12. The fourth-order valence-corrected chi connectivity index (χ4v) is 4.02. The maximum Gasteiger partial charge on any atom is 0.494 e. The highest BCUT2D eigenvalue weighted by Gasteiger charge is 2.51. The number of rotatable bonds is 3. The van der Waals surface area contributed by atoms with Crippen LogP contribution in [0.1, 0.15) is 66.8 Å². The average molecular weight is 457 g/mol. The van der Waals surface area contributed by atoms with Crippen molar-refractivity contribution < 1.29 is 23.2 Å². The van der Waals surface area contributed by atoms with Crippen LogP contribution in [-0.4, -0.2) is 57.6 Å². The zero-order valence-corrected chi connectivity index (χ0v) is 20.4. The molecule has 1 N–H and O–H groups in total. The van der Waals surface area contributed by atoms with Gasteiger partial charge in [0.05, 0.1) is 35.7 Å². The van der Waals surface area contributed by atoms with E-state index in [1.807, 2.05) is 52.0 Å². The molecule has 0 spiro atoms. The van der Waals surface area contributed by atoms with Crippen LogP contribution in [0.3, 0.4) is 0 Å². The van der Waals surface area contributed by atoms with E-state index < -0.39 is 42.2 Å². The predicted molar refractivity (Wildman–Crippen MR) is 125 cm³/mol. The normalized spacial score (nSPS) is 24.4. The molecule has 33 heavy (non-hydrogen) atoms. The number of H-pyrrole nitrogens is 1. The van der Waals surface area contributed by atoms with Crippen molar-refractivity contribution in [2.75, 3.05) is 6.54 Å². The summed E-state index contributed by atoms with van der Waals surface area (Å²) >= 11 is 0. The molecule has 2 saturated heterocycles. The molecule has 0 saturated carbocycles. The Kier molecular flexibility index (Phi) is 5.85. The lowest BCUT2D eigenvalue weighted by molar-refractivity contribution is 0.00578. The van der Waals surface area contributed by atoms with Crippen molar-refractivity contribution in [3.05, 3.63) is 36.3 Å². The van der Waals surface area contributed by atoms with E-state index in [4.69, 9.17) is 14.0 Å². The van der Waals surface area contributed by atoms with E-state index in [9.17, 15) is 9.18 Å². The van der Waals surface area contributed by atoms with E-state index in [1.165, 1.54) is 4.90 Å². The summed E-state index contributed by atoms with van der Waals surface area (Å²) in [4.78, 5) is 21.7. The Morgan fingerprint density at radius 2 is 1.79 bits per heavy atom. The lowest BCUT2D eigenvalue weighted by atomic mass is 9.79. The first-order valence-electron chi connectivity index (χ1n) is 11.4. The van der Waals surface area contributed by atoms with Gasteiger partial charge in [0.25, 0.3) is 0 Å². The summed E-state index contributed by atoms with van der Waals surface area (Å²) in [6.07, 6.45) is 0.248. The van der Waals surface area contributed by atoms with E-state index in [0.717, 1.165) is 16.7 Å². The highest BCUT2D eigenvalue weighted by molar-refractivity contribution is 6.62. The van der Waals surface area contributed by atoms with Crippen molar-refractivity contribution in [1.82, 2.24) is 14.9 Å². The van der Waals surface area contributed by atoms with Gasteiger partial charge in [-0.25, -0.2) is 14.2 Å². The molecule has 0 aliphatic carbocycles. The molecule has 2 aromatic rings. The number of benzene rings is 1. The summed E-state index contributed by atoms with van der Waals surface area (Å²) in [5, 5.41) is 0. The second-order valence-corrected chi connectivity index (χ2v) is 10.9. The average Bonchev–Trinajstić information content (AvgIpc) is 3.37. The van der Waals surface area contributed by atoms with Crippen LogP contribution in [0.15, 0.2) is 30.5 Å². The molecule has 1 aromatic heterocycles. The van der Waals surface area contributed by atoms with Gasteiger partial charge >= 0.3 is 13.2 Å². The molecular formula is C24H33BFN3O4. The zero-order chi connectivity index (χ0) is 24.2. The highest BCUT2D eigenvalue weighted by atomic mass is 19.1. The minimum absolute atomic E-state index is 0.00159. The number of alkyl halides is 1. The number of imidazole rings is 1. The van der Waals surface area contributed by atoms with E-state index in [-0.39, 0.29) is 13.0 Å². The molecule has 7 nitrogen and oxygen atoms in total. The van der Waals surface area contributed by atoms with Gasteiger partial charge in [0, 0.05) is 6.42 Å². The first-order valence-corrected chi connectivity index (χ1v) is 11.4. The smallest absolute Gasteiger partial charge is 0.444 e. The standard InChI is InChI=1S/C24H33BFN3O4/c1-22(2,3)31-21(30)29-14-17(26)12-19(29)20-27-13-18(28-20)15-8-10-16(11-9-15)25-32-23(4,5)24(6,7)33-25/h8-11,13,17,19H,12,14H2,1-7H3,(H,27,28). The summed E-state index contributed by atoms with van der Waals surface area (Å²) < 4.78 is 31.9. The van der Waals surface area contributed by atoms with E-state index in [0.29, 0.717) is 5.82 Å². The molecule has 2 aliphatic heterocycles. The van der Waals surface area contributed by atoms with Crippen LogP contribution >= 0.6 is 0 Å². The number of carbonyl (C=O) groups excluding carboxylic acids is 1. The number of hydrogen-bond acceptors (Lipinski definition) is 5. The first kappa shape index (κ1) is 23.8. The largest absolute Gasteiger partial charge is 0.494 e. The zero-order valence-electron chi connectivity index (χ0n) is 20.4. The number of aromatic amines is 1. The van der Waals surface area contributed by atoms with Crippen molar-refractivity contribution in [3.63, 3.8) is 0 Å². The van der Waals surface area contributed by atoms with Gasteiger partial charge in [0.2, 0.25) is 0 Å². The van der Waals surface area contributed by atoms with Crippen molar-refractivity contribution >= 4 is 18.7 Å². The van der Waals surface area contributed by atoms with Crippen molar-refractivity contribution in [1.29, 1.82) is 0 Å². The number of amides is 1. The SMILES string of the molecule is CC(C)(C)OC(=O)N1CC(F)CC1c1ncc(-c2ccc(B3OC(C)(C)C(C)(C)O3)cc2)[nH]1. The lowest BCUT2D eigenvalue weighted by Crippen LogP contribution is -2.41. The number of ether oxygens (including phenoxy) is 1. The fourth-order valence-electron chi connectivity index (χ4n) is 4.02. The Balaban J connectivity index is 1.50. The van der Waals surface area contributed by atoms with Gasteiger partial charge in [-0.1, -0.05) is 24.3 Å². The van der Waals surface area contributed by atoms with Crippen molar-refractivity contribution in [3.8, 4) is 11.3 Å². The molecule has 3 heterocycles. The van der Waals surface area contributed by atoms with Crippen LogP contribution in [0.4, 0.5) is 9.18 Å². The van der Waals surface area contributed by atoms with Crippen LogP contribution in [0.2, 0.25) is 0 Å². The Morgan fingerprint density at radius 1 is 1.18 bits per heavy atom. The third-order valence-electron chi connectivity index (χ3n) is 6.54. The summed E-state index contributed by atoms with van der Waals surface area (Å²) in [5.41, 5.74) is 1.20. The molecule has 2 unspecified atom stereocenters. The Hall–Kier alpha value is -2.39. The van der Waals surface area contributed by atoms with Gasteiger partial charge in [-0.15, -0.1) is 0 Å². The highest BCUT2D eigenvalue weighted by Crippen LogP contribution is 2.37. The Bertz CT molecular complexity index is 999. The fraction of sp³-hybridized carbons (Fsp3) is 0.583. The third-order valence-corrected chi connectivity index (χ3v) is 6.54. The molecule has 178 valence electrons. The number of carbonyl (C=O) groups is 1. The van der Waals surface area contributed by atoms with Crippen LogP contribution < -0.4 is 5.46 Å². The molecule has 1 amide bonds. The predicted octanol–water partition coefficient (Wildman–Crippen LogP) is 4.40. The van der Waals surface area contributed by atoms with Gasteiger partial charge in [0.15, 0.2) is 0 Å². The first-order chi connectivity index (χ1) is 15.3. The number of hydrogen-bond donors (Lipinski definition) is 1. The van der Waals surface area contributed by atoms with Crippen LogP contribution in [-0.2, 0) is 14.0 Å². The molecule has 2 aliphatic rings. The van der Waals surface area contributed by atoms with Crippen molar-refractivity contribution in [2.24, 2.45) is 0 Å². The number of likely N-dealkylation sites (tertiary alicyclic amines) is 1. The molecule has 2 atom stereocenters. The molecule has 0 bridgehead atoms. The van der Waals surface area contributed by atoms with Gasteiger partial charge in [-0.2, -0.15) is 0 Å². The van der Waals surface area contributed by atoms with Gasteiger partial charge in [-0.05, 0) is 59.5 Å². The van der Waals surface area contributed by atoms with E-state index >= 15 is 0 Å². The number of nitrogens with zero attached hydrogens (tertiary/aromatic N) is 2. The quantitative estimate of drug-likeness (QED) is 0.692. The number of nitrogens with one attached hydrogen (secondary N) is 1. The maximum absolute atomic E-state index is 14.2. The molecule has 1 aromatic carbocycles. The van der Waals surface area contributed by atoms with Crippen molar-refractivity contribution in [2.45, 2.75) is 83.9 Å². The Morgan fingerprint density at radius 3 is 2.36 bits per heavy atom. The molecular weight excluding hydrogens is 424 g/mol. The molecule has 2 fully saturated rings. The summed E-state index contributed by atoms with van der Waals surface area (Å²) in [5.74, 6) is 0.547. The van der Waals surface area contributed by atoms with Crippen LogP contribution in [0, 0.1) is 0 Å². The molecule has 9 heteroatoms. The van der Waals surface area contributed by atoms with E-state index in [1.54, 1.807) is 27.0 Å². The van der Waals surface area contributed by atoms with Crippen LogP contribution in [0.25, 0.3) is 11.3 Å². The number of halogens is 1. The minimum Gasteiger partial charge on any atom is -0.444 e. The number of aromatic nitrogens is 2. The summed E-state index contributed by atoms with van der Waals surface area (Å²) in [6.45, 7) is 13.5. The lowest BCUT2D eigenvalue weighted by Gasteiger charge is -2.32. The van der Waals surface area contributed by atoms with Gasteiger partial charge in [0.1, 0.15) is 17.6 Å².